The number of nitrogens with zero attached hydrogens (tertiary/aromatic N) is 2. The molecule has 96 valence electrons. The second kappa shape index (κ2) is 5.10. The fraction of sp³-hybridized carbons (Fsp3) is 0.0588. The van der Waals surface area contributed by atoms with Crippen LogP contribution in [0.1, 0.15) is 11.1 Å². The smallest absolute Gasteiger partial charge is 0.207 e. The van der Waals surface area contributed by atoms with E-state index < -0.39 is 0 Å². The summed E-state index contributed by atoms with van der Waals surface area (Å²) in [6.07, 6.45) is 1.80. The largest absolute Gasteiger partial charge is 0.212 e. The molecule has 0 saturated heterocycles. The van der Waals surface area contributed by atoms with E-state index in [1.165, 1.54) is 12.1 Å². The van der Waals surface area contributed by atoms with Gasteiger partial charge in [-0.05, 0) is 24.3 Å². The van der Waals surface area contributed by atoms with Gasteiger partial charge in [0.1, 0.15) is 17.4 Å². The molecule has 0 atom stereocenters. The zero-order chi connectivity index (χ0) is 13.9. The summed E-state index contributed by atoms with van der Waals surface area (Å²) in [4.78, 5) is 0. The summed E-state index contributed by atoms with van der Waals surface area (Å²) in [7, 11) is 0. The number of pyridine rings is 1. The Morgan fingerprint density at radius 1 is 1.05 bits per heavy atom. The van der Waals surface area contributed by atoms with Crippen molar-refractivity contribution in [3.8, 4) is 6.07 Å². The zero-order valence-electron chi connectivity index (χ0n) is 10.8. The number of rotatable bonds is 2. The summed E-state index contributed by atoms with van der Waals surface area (Å²) in [5.74, 6) is -0.246. The van der Waals surface area contributed by atoms with Gasteiger partial charge in [-0.3, -0.25) is 0 Å². The zero-order valence-corrected chi connectivity index (χ0v) is 10.8. The molecule has 0 saturated carbocycles. The molecule has 1 aromatic heterocycles. The second-order valence-electron chi connectivity index (χ2n) is 4.66. The molecule has 3 rings (SSSR count). The third-order valence-electron chi connectivity index (χ3n) is 3.22. The van der Waals surface area contributed by atoms with Crippen molar-refractivity contribution in [1.82, 2.24) is 0 Å². The standard InChI is InChI=1S/C17H12FN2/c18-16-6-3-4-13(9-16)11-20-12-14(10-19)8-15-5-1-2-7-17(15)20/h1-9,12H,11H2/q+1. The first-order chi connectivity index (χ1) is 9.76. The maximum atomic E-state index is 13.3. The maximum absolute atomic E-state index is 13.3. The average Bonchev–Trinajstić information content (AvgIpc) is 2.47. The fourth-order valence-electron chi connectivity index (χ4n) is 2.34. The molecule has 3 aromatic rings. The van der Waals surface area contributed by atoms with Crippen molar-refractivity contribution in [3.63, 3.8) is 0 Å². The highest BCUT2D eigenvalue weighted by Crippen LogP contribution is 2.12. The van der Waals surface area contributed by atoms with Crippen LogP contribution in [0.4, 0.5) is 4.39 Å². The second-order valence-corrected chi connectivity index (χ2v) is 4.66. The van der Waals surface area contributed by atoms with Crippen LogP contribution in [0.3, 0.4) is 0 Å². The normalized spacial score (nSPS) is 10.4. The van der Waals surface area contributed by atoms with E-state index >= 15 is 0 Å². The van der Waals surface area contributed by atoms with Gasteiger partial charge in [0.05, 0.1) is 0 Å². The highest BCUT2D eigenvalue weighted by molar-refractivity contribution is 5.76. The van der Waals surface area contributed by atoms with Crippen molar-refractivity contribution in [3.05, 3.63) is 77.7 Å². The summed E-state index contributed by atoms with van der Waals surface area (Å²) in [5.41, 5.74) is 2.49. The van der Waals surface area contributed by atoms with Gasteiger partial charge in [-0.15, -0.1) is 0 Å². The van der Waals surface area contributed by atoms with Crippen molar-refractivity contribution < 1.29 is 8.96 Å². The predicted octanol–water partition coefficient (Wildman–Crippen LogP) is 3.19. The highest BCUT2D eigenvalue weighted by Gasteiger charge is 2.12. The van der Waals surface area contributed by atoms with E-state index in [4.69, 9.17) is 5.26 Å². The SMILES string of the molecule is N#Cc1cc2ccccc2[n+](Cc2cccc(F)c2)c1. The minimum absolute atomic E-state index is 0.246. The van der Waals surface area contributed by atoms with Crippen LogP contribution < -0.4 is 4.57 Å². The number of aromatic nitrogens is 1. The van der Waals surface area contributed by atoms with Crippen molar-refractivity contribution in [2.45, 2.75) is 6.54 Å². The van der Waals surface area contributed by atoms with Gasteiger partial charge in [0.15, 0.2) is 12.7 Å². The van der Waals surface area contributed by atoms with E-state index in [1.807, 2.05) is 41.0 Å². The fourth-order valence-corrected chi connectivity index (χ4v) is 2.34. The van der Waals surface area contributed by atoms with Gasteiger partial charge >= 0.3 is 0 Å². The summed E-state index contributed by atoms with van der Waals surface area (Å²) in [6.45, 7) is 0.536. The van der Waals surface area contributed by atoms with Crippen LogP contribution in [0.15, 0.2) is 60.8 Å². The molecule has 0 aliphatic rings. The van der Waals surface area contributed by atoms with E-state index in [0.717, 1.165) is 16.5 Å². The number of nitriles is 1. The minimum atomic E-state index is -0.246. The highest BCUT2D eigenvalue weighted by atomic mass is 19.1. The number of benzene rings is 2. The van der Waals surface area contributed by atoms with Gasteiger partial charge in [0.25, 0.3) is 0 Å². The van der Waals surface area contributed by atoms with Gasteiger partial charge in [0.2, 0.25) is 5.52 Å². The monoisotopic (exact) mass is 263 g/mol. The summed E-state index contributed by atoms with van der Waals surface area (Å²) in [5, 5.41) is 10.1. The van der Waals surface area contributed by atoms with Crippen molar-refractivity contribution in [2.75, 3.05) is 0 Å². The van der Waals surface area contributed by atoms with Crippen LogP contribution in [0.25, 0.3) is 10.9 Å². The first kappa shape index (κ1) is 12.3. The van der Waals surface area contributed by atoms with Gasteiger partial charge in [-0.2, -0.15) is 9.83 Å². The Kier molecular flexibility index (Phi) is 3.14. The van der Waals surface area contributed by atoms with Crippen LogP contribution in [-0.2, 0) is 6.54 Å². The molecule has 0 N–H and O–H groups in total. The lowest BCUT2D eigenvalue weighted by atomic mass is 10.1. The molecule has 0 bridgehead atoms. The summed E-state index contributed by atoms with van der Waals surface area (Å²) in [6, 6.07) is 18.4. The van der Waals surface area contributed by atoms with Gasteiger partial charge in [-0.25, -0.2) is 4.39 Å². The predicted molar refractivity (Wildman–Crippen MR) is 74.4 cm³/mol. The van der Waals surface area contributed by atoms with Crippen molar-refractivity contribution >= 4 is 10.9 Å². The van der Waals surface area contributed by atoms with Crippen LogP contribution in [0.2, 0.25) is 0 Å². The Labute approximate surface area is 116 Å². The maximum Gasteiger partial charge on any atom is 0.212 e. The van der Waals surface area contributed by atoms with Crippen molar-refractivity contribution in [2.24, 2.45) is 0 Å². The first-order valence-corrected chi connectivity index (χ1v) is 6.33. The lowest BCUT2D eigenvalue weighted by Crippen LogP contribution is -2.35. The third-order valence-corrected chi connectivity index (χ3v) is 3.22. The van der Waals surface area contributed by atoms with Gasteiger partial charge < -0.3 is 0 Å². The molecule has 0 unspecified atom stereocenters. The van der Waals surface area contributed by atoms with Crippen LogP contribution in [-0.4, -0.2) is 0 Å². The molecule has 2 aromatic carbocycles. The Balaban J connectivity index is 2.13. The van der Waals surface area contributed by atoms with Crippen molar-refractivity contribution in [1.29, 1.82) is 5.26 Å². The van der Waals surface area contributed by atoms with E-state index in [2.05, 4.69) is 6.07 Å². The summed E-state index contributed by atoms with van der Waals surface area (Å²) < 4.78 is 15.2. The molecule has 0 aliphatic heterocycles. The Bertz CT molecular complexity index is 819. The van der Waals surface area contributed by atoms with E-state index in [9.17, 15) is 4.39 Å². The number of fused-ring (bicyclic) bond motifs is 1. The molecule has 2 nitrogen and oxygen atoms in total. The van der Waals surface area contributed by atoms with Crippen LogP contribution in [0.5, 0.6) is 0 Å². The molecule has 0 aliphatic carbocycles. The number of para-hydroxylation sites is 1. The quantitative estimate of drug-likeness (QED) is 0.652. The molecule has 0 spiro atoms. The molecule has 20 heavy (non-hydrogen) atoms. The number of hydrogen-bond acceptors (Lipinski definition) is 1. The molecular weight excluding hydrogens is 251 g/mol. The molecule has 0 fully saturated rings. The van der Waals surface area contributed by atoms with Gasteiger partial charge in [-0.1, -0.05) is 24.3 Å². The molecule has 1 heterocycles. The average molecular weight is 263 g/mol. The molecule has 0 amide bonds. The number of halogens is 1. The number of hydrogen-bond donors (Lipinski definition) is 0. The Hall–Kier alpha value is -2.73. The summed E-state index contributed by atoms with van der Waals surface area (Å²) >= 11 is 0. The molecular formula is C17H12FN2+. The Morgan fingerprint density at radius 2 is 1.90 bits per heavy atom. The third kappa shape index (κ3) is 2.36. The van der Waals surface area contributed by atoms with E-state index in [-0.39, 0.29) is 5.82 Å². The van der Waals surface area contributed by atoms with Gasteiger partial charge in [0, 0.05) is 17.0 Å². The van der Waals surface area contributed by atoms with E-state index in [1.54, 1.807) is 12.3 Å². The Morgan fingerprint density at radius 3 is 2.70 bits per heavy atom. The minimum Gasteiger partial charge on any atom is -0.207 e. The lowest BCUT2D eigenvalue weighted by Gasteiger charge is -2.03. The van der Waals surface area contributed by atoms with Crippen LogP contribution in [0, 0.1) is 17.1 Å². The topological polar surface area (TPSA) is 27.7 Å². The first-order valence-electron chi connectivity index (χ1n) is 6.33. The lowest BCUT2D eigenvalue weighted by molar-refractivity contribution is -0.662. The molecule has 0 radical (unpaired) electrons. The molecule has 3 heteroatoms. The van der Waals surface area contributed by atoms with Crippen LogP contribution >= 0.6 is 0 Å². The van der Waals surface area contributed by atoms with E-state index in [0.29, 0.717) is 12.1 Å².